The van der Waals surface area contributed by atoms with E-state index in [-0.39, 0.29) is 30.3 Å². The van der Waals surface area contributed by atoms with Crippen molar-refractivity contribution in [2.45, 2.75) is 70.7 Å². The van der Waals surface area contributed by atoms with Crippen LogP contribution in [0, 0.1) is 5.92 Å². The lowest BCUT2D eigenvalue weighted by Crippen LogP contribution is -2.51. The van der Waals surface area contributed by atoms with Gasteiger partial charge in [-0.05, 0) is 65.3 Å². The third kappa shape index (κ3) is 7.69. The van der Waals surface area contributed by atoms with Crippen LogP contribution in [0.25, 0.3) is 0 Å². The van der Waals surface area contributed by atoms with Gasteiger partial charge in [-0.3, -0.25) is 0 Å². The van der Waals surface area contributed by atoms with Crippen LogP contribution >= 0.6 is 11.6 Å². The van der Waals surface area contributed by atoms with E-state index >= 15 is 0 Å². The molecule has 0 spiro atoms. The Labute approximate surface area is 255 Å². The summed E-state index contributed by atoms with van der Waals surface area (Å²) >= 11 is 6.76. The summed E-state index contributed by atoms with van der Waals surface area (Å²) in [4.78, 5) is 0. The molecule has 0 radical (unpaired) electrons. The zero-order valence-electron chi connectivity index (χ0n) is 24.6. The Morgan fingerprint density at radius 1 is 0.738 bits per heavy atom. The summed E-state index contributed by atoms with van der Waals surface area (Å²) in [5.74, 6) is 0.162. The third-order valence-corrected chi connectivity index (χ3v) is 8.64. The Hall–Kier alpha value is -2.99. The maximum absolute atomic E-state index is 6.85. The summed E-state index contributed by atoms with van der Waals surface area (Å²) in [6, 6.07) is 35.5. The van der Waals surface area contributed by atoms with E-state index in [1.165, 1.54) is 11.1 Å². The molecule has 0 amide bonds. The van der Waals surface area contributed by atoms with E-state index in [1.807, 2.05) is 42.5 Å². The van der Waals surface area contributed by atoms with E-state index < -0.39 is 0 Å². The summed E-state index contributed by atoms with van der Waals surface area (Å²) in [5, 5.41) is 0.750. The highest BCUT2D eigenvalue weighted by atomic mass is 35.5. The van der Waals surface area contributed by atoms with E-state index in [9.17, 15) is 0 Å². The second-order valence-corrected chi connectivity index (χ2v) is 11.7. The lowest BCUT2D eigenvalue weighted by Gasteiger charge is -2.46. The van der Waals surface area contributed by atoms with Crippen molar-refractivity contribution < 1.29 is 14.2 Å². The van der Waals surface area contributed by atoms with Crippen molar-refractivity contribution in [3.63, 3.8) is 0 Å². The molecular formula is C37H42ClNO3. The van der Waals surface area contributed by atoms with E-state index in [2.05, 4.69) is 74.5 Å². The molecule has 0 unspecified atom stereocenters. The summed E-state index contributed by atoms with van der Waals surface area (Å²) in [6.07, 6.45) is 1.82. The highest BCUT2D eigenvalue weighted by Gasteiger charge is 2.45. The molecule has 220 valence electrons. The van der Waals surface area contributed by atoms with Crippen LogP contribution in [0.4, 0.5) is 0 Å². The zero-order chi connectivity index (χ0) is 29.3. The molecule has 0 saturated carbocycles. The van der Waals surface area contributed by atoms with Gasteiger partial charge >= 0.3 is 0 Å². The smallest absolute Gasteiger partial charge is 0.115 e. The molecular weight excluding hydrogens is 542 g/mol. The number of halogens is 1. The van der Waals surface area contributed by atoms with Gasteiger partial charge in [-0.2, -0.15) is 0 Å². The average Bonchev–Trinajstić information content (AvgIpc) is 3.02. The second kappa shape index (κ2) is 15.0. The van der Waals surface area contributed by atoms with Gasteiger partial charge in [-0.15, -0.1) is 0 Å². The van der Waals surface area contributed by atoms with Crippen LogP contribution in [0.3, 0.4) is 0 Å². The fraction of sp³-hybridized carbons (Fsp3) is 0.351. The van der Waals surface area contributed by atoms with Crippen molar-refractivity contribution >= 4 is 11.6 Å². The normalized spacial score (nSPS) is 22.2. The number of rotatable bonds is 12. The first kappa shape index (κ1) is 30.5. The number of ether oxygens (including phenoxy) is 3. The molecule has 4 aromatic carbocycles. The van der Waals surface area contributed by atoms with Crippen LogP contribution in [0.5, 0.6) is 0 Å². The van der Waals surface area contributed by atoms with Crippen molar-refractivity contribution in [3.05, 3.63) is 142 Å². The van der Waals surface area contributed by atoms with Gasteiger partial charge in [0.25, 0.3) is 0 Å². The summed E-state index contributed by atoms with van der Waals surface area (Å²) in [5.41, 5.74) is 12.6. The van der Waals surface area contributed by atoms with Crippen LogP contribution in [-0.2, 0) is 40.3 Å². The largest absolute Gasteiger partial charge is 0.370 e. The van der Waals surface area contributed by atoms with Gasteiger partial charge in [-0.25, -0.2) is 0 Å². The first-order valence-corrected chi connectivity index (χ1v) is 15.5. The summed E-state index contributed by atoms with van der Waals surface area (Å²) in [6.45, 7) is 6.06. The molecule has 4 aromatic rings. The number of hydrogen-bond acceptors (Lipinski definition) is 4. The molecule has 5 heteroatoms. The monoisotopic (exact) mass is 583 g/mol. The second-order valence-electron chi connectivity index (χ2n) is 11.3. The number of hydrogen-bond donors (Lipinski definition) is 1. The van der Waals surface area contributed by atoms with Crippen LogP contribution in [0.1, 0.15) is 59.8 Å². The van der Waals surface area contributed by atoms with Crippen LogP contribution in [0.2, 0.25) is 5.02 Å². The minimum Gasteiger partial charge on any atom is -0.370 e. The van der Waals surface area contributed by atoms with Gasteiger partial charge in [0.2, 0.25) is 0 Å². The van der Waals surface area contributed by atoms with Gasteiger partial charge in [0.15, 0.2) is 0 Å². The lowest BCUT2D eigenvalue weighted by molar-refractivity contribution is -0.234. The SMILES string of the molecule is CC[C@H]1O[C@@H](c2ccc(Cl)c(Cc3ccc(CCN)cc3)c2)[C@H](OCc2ccccc2)[C@@H](OCc2ccccc2)[C@@H]1C. The van der Waals surface area contributed by atoms with Crippen molar-refractivity contribution in [2.24, 2.45) is 11.7 Å². The Morgan fingerprint density at radius 2 is 1.33 bits per heavy atom. The molecule has 1 saturated heterocycles. The van der Waals surface area contributed by atoms with E-state index in [0.717, 1.165) is 46.5 Å². The van der Waals surface area contributed by atoms with Crippen LogP contribution < -0.4 is 5.73 Å². The Balaban J connectivity index is 1.44. The summed E-state index contributed by atoms with van der Waals surface area (Å²) in [7, 11) is 0. The molecule has 42 heavy (non-hydrogen) atoms. The molecule has 1 aliphatic rings. The standard InChI is InChI=1S/C37H42ClNO3/c1-3-34-26(2)35(40-24-29-10-6-4-7-11-29)37(41-25-30-12-8-5-9-13-30)36(42-34)31-18-19-33(38)32(23-31)22-28-16-14-27(15-17-28)20-21-39/h4-19,23,26,34-37H,3,20-22,24-25,39H2,1-2H3/t26-,34-,35+,36+,37-/m1/s1. The van der Waals surface area contributed by atoms with Gasteiger partial charge in [0.1, 0.15) is 12.2 Å². The minimum absolute atomic E-state index is 0.0431. The van der Waals surface area contributed by atoms with Crippen LogP contribution in [0.15, 0.2) is 103 Å². The van der Waals surface area contributed by atoms with Gasteiger partial charge in [0, 0.05) is 10.9 Å². The van der Waals surface area contributed by atoms with Crippen molar-refractivity contribution in [3.8, 4) is 0 Å². The predicted octanol–water partition coefficient (Wildman–Crippen LogP) is 8.09. The molecule has 5 atom stereocenters. The van der Waals surface area contributed by atoms with E-state index in [0.29, 0.717) is 19.8 Å². The van der Waals surface area contributed by atoms with E-state index in [1.54, 1.807) is 0 Å². The number of nitrogens with two attached hydrogens (primary N) is 1. The molecule has 0 aromatic heterocycles. The lowest BCUT2D eigenvalue weighted by atomic mass is 9.84. The molecule has 0 bridgehead atoms. The van der Waals surface area contributed by atoms with Crippen molar-refractivity contribution in [2.75, 3.05) is 6.54 Å². The van der Waals surface area contributed by atoms with E-state index in [4.69, 9.17) is 31.5 Å². The highest BCUT2D eigenvalue weighted by Crippen LogP contribution is 2.41. The molecule has 1 fully saturated rings. The Morgan fingerprint density at radius 3 is 1.93 bits per heavy atom. The molecule has 0 aliphatic carbocycles. The maximum Gasteiger partial charge on any atom is 0.115 e. The van der Waals surface area contributed by atoms with Crippen molar-refractivity contribution in [1.29, 1.82) is 0 Å². The Kier molecular flexibility index (Phi) is 10.8. The quantitative estimate of drug-likeness (QED) is 0.183. The highest BCUT2D eigenvalue weighted by molar-refractivity contribution is 6.31. The predicted molar refractivity (Wildman–Crippen MR) is 171 cm³/mol. The molecule has 1 aliphatic heterocycles. The fourth-order valence-corrected chi connectivity index (χ4v) is 6.07. The maximum atomic E-state index is 6.85. The number of benzene rings is 4. The minimum atomic E-state index is -0.295. The van der Waals surface area contributed by atoms with Crippen LogP contribution in [-0.4, -0.2) is 24.9 Å². The van der Waals surface area contributed by atoms with Gasteiger partial charge in [-0.1, -0.05) is 123 Å². The topological polar surface area (TPSA) is 53.7 Å². The average molecular weight is 584 g/mol. The molecule has 1 heterocycles. The third-order valence-electron chi connectivity index (χ3n) is 8.27. The molecule has 4 nitrogen and oxygen atoms in total. The molecule has 2 N–H and O–H groups in total. The summed E-state index contributed by atoms with van der Waals surface area (Å²) < 4.78 is 20.3. The van der Waals surface area contributed by atoms with Gasteiger partial charge in [0.05, 0.1) is 25.4 Å². The fourth-order valence-electron chi connectivity index (χ4n) is 5.89. The molecule has 5 rings (SSSR count). The zero-order valence-corrected chi connectivity index (χ0v) is 25.4. The first-order valence-electron chi connectivity index (χ1n) is 15.1. The van der Waals surface area contributed by atoms with Gasteiger partial charge < -0.3 is 19.9 Å². The first-order chi connectivity index (χ1) is 20.6. The Bertz CT molecular complexity index is 1380. The van der Waals surface area contributed by atoms with Crippen molar-refractivity contribution in [1.82, 2.24) is 0 Å².